The maximum Gasteiger partial charge on any atom is 0.0449 e. The summed E-state index contributed by atoms with van der Waals surface area (Å²) in [7, 11) is 1.95. The number of rotatable bonds is 4. The van der Waals surface area contributed by atoms with Crippen molar-refractivity contribution in [2.75, 3.05) is 19.8 Å². The van der Waals surface area contributed by atoms with Gasteiger partial charge >= 0.3 is 0 Å². The lowest BCUT2D eigenvalue weighted by Crippen LogP contribution is -2.11. The smallest absolute Gasteiger partial charge is 0.0449 e. The van der Waals surface area contributed by atoms with Gasteiger partial charge in [0.25, 0.3) is 0 Å². The summed E-state index contributed by atoms with van der Waals surface area (Å²) in [6, 6.07) is 6.06. The van der Waals surface area contributed by atoms with Crippen LogP contribution in [0.2, 0.25) is 5.02 Å². The largest absolute Gasteiger partial charge is 0.319 e. The van der Waals surface area contributed by atoms with Gasteiger partial charge in [-0.1, -0.05) is 17.7 Å². The molecular weight excluding hydrogens is 202 g/mol. The first-order chi connectivity index (χ1) is 6.29. The molecule has 0 bridgehead atoms. The normalized spacial score (nSPS) is 10.4. The van der Waals surface area contributed by atoms with Crippen LogP contribution in [0, 0.1) is 0 Å². The zero-order valence-electron chi connectivity index (χ0n) is 7.93. The Labute approximate surface area is 88.9 Å². The number of nitrogens with one attached hydrogen (secondary N) is 1. The lowest BCUT2D eigenvalue weighted by molar-refractivity contribution is 0.784. The molecule has 1 aromatic carbocycles. The third kappa shape index (κ3) is 2.90. The number of likely N-dealkylation sites (N-methyl/N-ethyl adjacent to an activating group) is 1. The van der Waals surface area contributed by atoms with Crippen molar-refractivity contribution in [2.45, 2.75) is 11.3 Å². The number of benzene rings is 1. The van der Waals surface area contributed by atoms with E-state index in [2.05, 4.69) is 17.6 Å². The van der Waals surface area contributed by atoms with Crippen LogP contribution >= 0.6 is 23.4 Å². The van der Waals surface area contributed by atoms with Crippen LogP contribution < -0.4 is 5.32 Å². The van der Waals surface area contributed by atoms with Crippen molar-refractivity contribution < 1.29 is 0 Å². The molecule has 0 unspecified atom stereocenters. The van der Waals surface area contributed by atoms with Crippen LogP contribution in [0.25, 0.3) is 0 Å². The summed E-state index contributed by atoms with van der Waals surface area (Å²) in [6.07, 6.45) is 3.07. The first-order valence-electron chi connectivity index (χ1n) is 4.25. The van der Waals surface area contributed by atoms with Crippen molar-refractivity contribution in [1.29, 1.82) is 0 Å². The van der Waals surface area contributed by atoms with E-state index in [1.807, 2.05) is 19.2 Å². The molecule has 0 spiro atoms. The molecular formula is C10H14ClNS. The SMILES string of the molecule is CNCCc1c(Cl)cccc1SC. The van der Waals surface area contributed by atoms with Crippen molar-refractivity contribution in [3.05, 3.63) is 28.8 Å². The minimum absolute atomic E-state index is 0.877. The first kappa shape index (κ1) is 10.9. The zero-order chi connectivity index (χ0) is 9.68. The molecule has 1 nitrogen and oxygen atoms in total. The van der Waals surface area contributed by atoms with E-state index in [1.54, 1.807) is 11.8 Å². The Bertz CT molecular complexity index is 276. The fourth-order valence-corrected chi connectivity index (χ4v) is 2.22. The molecule has 0 saturated carbocycles. The second-order valence-electron chi connectivity index (χ2n) is 2.77. The van der Waals surface area contributed by atoms with E-state index in [0.29, 0.717) is 0 Å². The summed E-state index contributed by atoms with van der Waals surface area (Å²) in [6.45, 7) is 0.970. The maximum absolute atomic E-state index is 6.10. The first-order valence-corrected chi connectivity index (χ1v) is 5.86. The number of hydrogen-bond donors (Lipinski definition) is 1. The van der Waals surface area contributed by atoms with Gasteiger partial charge in [-0.05, 0) is 44.0 Å². The Morgan fingerprint density at radius 2 is 2.23 bits per heavy atom. The summed E-state index contributed by atoms with van der Waals surface area (Å²) in [4.78, 5) is 1.28. The van der Waals surface area contributed by atoms with Gasteiger partial charge in [0.05, 0.1) is 0 Å². The molecule has 3 heteroatoms. The van der Waals surface area contributed by atoms with E-state index >= 15 is 0 Å². The minimum atomic E-state index is 0.877. The molecule has 0 aliphatic rings. The fraction of sp³-hybridized carbons (Fsp3) is 0.400. The van der Waals surface area contributed by atoms with Gasteiger partial charge < -0.3 is 5.32 Å². The Morgan fingerprint density at radius 1 is 1.46 bits per heavy atom. The van der Waals surface area contributed by atoms with Crippen molar-refractivity contribution in [3.8, 4) is 0 Å². The van der Waals surface area contributed by atoms with Crippen LogP contribution in [0.4, 0.5) is 0 Å². The molecule has 0 aliphatic carbocycles. The second kappa shape index (κ2) is 5.53. The van der Waals surface area contributed by atoms with Crippen LogP contribution in [0.1, 0.15) is 5.56 Å². The lowest BCUT2D eigenvalue weighted by atomic mass is 10.1. The Kier molecular flexibility index (Phi) is 4.64. The lowest BCUT2D eigenvalue weighted by Gasteiger charge is -2.08. The van der Waals surface area contributed by atoms with Crippen LogP contribution in [0.15, 0.2) is 23.1 Å². The van der Waals surface area contributed by atoms with Gasteiger partial charge in [0, 0.05) is 9.92 Å². The summed E-state index contributed by atoms with van der Waals surface area (Å²) in [5.41, 5.74) is 1.26. The monoisotopic (exact) mass is 215 g/mol. The van der Waals surface area contributed by atoms with Gasteiger partial charge in [0.15, 0.2) is 0 Å². The molecule has 72 valence electrons. The number of halogens is 1. The standard InChI is InChI=1S/C10H14ClNS/c1-12-7-6-8-9(11)4-3-5-10(8)13-2/h3-5,12H,6-7H2,1-2H3. The van der Waals surface area contributed by atoms with Crippen molar-refractivity contribution in [2.24, 2.45) is 0 Å². The number of hydrogen-bond acceptors (Lipinski definition) is 2. The fourth-order valence-electron chi connectivity index (χ4n) is 1.22. The van der Waals surface area contributed by atoms with Crippen LogP contribution in [-0.4, -0.2) is 19.8 Å². The zero-order valence-corrected chi connectivity index (χ0v) is 9.50. The van der Waals surface area contributed by atoms with Gasteiger partial charge in [-0.15, -0.1) is 11.8 Å². The Morgan fingerprint density at radius 3 is 2.85 bits per heavy atom. The highest BCUT2D eigenvalue weighted by Gasteiger charge is 2.04. The van der Waals surface area contributed by atoms with Gasteiger partial charge in [-0.2, -0.15) is 0 Å². The second-order valence-corrected chi connectivity index (χ2v) is 4.03. The van der Waals surface area contributed by atoms with Crippen LogP contribution in [-0.2, 0) is 6.42 Å². The minimum Gasteiger partial charge on any atom is -0.319 e. The third-order valence-electron chi connectivity index (χ3n) is 1.92. The summed E-state index contributed by atoms with van der Waals surface area (Å²) in [5, 5.41) is 4.00. The molecule has 0 saturated heterocycles. The van der Waals surface area contributed by atoms with E-state index < -0.39 is 0 Å². The summed E-state index contributed by atoms with van der Waals surface area (Å²) in [5.74, 6) is 0. The average molecular weight is 216 g/mol. The predicted molar refractivity (Wildman–Crippen MR) is 60.9 cm³/mol. The topological polar surface area (TPSA) is 12.0 Å². The highest BCUT2D eigenvalue weighted by Crippen LogP contribution is 2.26. The van der Waals surface area contributed by atoms with Crippen LogP contribution in [0.3, 0.4) is 0 Å². The van der Waals surface area contributed by atoms with E-state index in [9.17, 15) is 0 Å². The van der Waals surface area contributed by atoms with E-state index in [1.165, 1.54) is 10.5 Å². The van der Waals surface area contributed by atoms with Crippen molar-refractivity contribution in [3.63, 3.8) is 0 Å². The molecule has 0 aliphatic heterocycles. The highest BCUT2D eigenvalue weighted by atomic mass is 35.5. The summed E-state index contributed by atoms with van der Waals surface area (Å²) < 4.78 is 0. The molecule has 1 N–H and O–H groups in total. The molecule has 0 fully saturated rings. The number of thioether (sulfide) groups is 1. The molecule has 0 radical (unpaired) electrons. The third-order valence-corrected chi connectivity index (χ3v) is 3.10. The molecule has 0 amide bonds. The highest BCUT2D eigenvalue weighted by molar-refractivity contribution is 7.98. The Hall–Kier alpha value is -0.180. The van der Waals surface area contributed by atoms with Crippen molar-refractivity contribution >= 4 is 23.4 Å². The molecule has 0 heterocycles. The van der Waals surface area contributed by atoms with E-state index in [4.69, 9.17) is 11.6 Å². The molecule has 1 rings (SSSR count). The van der Waals surface area contributed by atoms with Crippen LogP contribution in [0.5, 0.6) is 0 Å². The van der Waals surface area contributed by atoms with Gasteiger partial charge in [0.1, 0.15) is 0 Å². The average Bonchev–Trinajstić information content (AvgIpc) is 2.15. The van der Waals surface area contributed by atoms with Gasteiger partial charge in [0.2, 0.25) is 0 Å². The van der Waals surface area contributed by atoms with E-state index in [0.717, 1.165) is 18.0 Å². The van der Waals surface area contributed by atoms with E-state index in [-0.39, 0.29) is 0 Å². The molecule has 0 atom stereocenters. The van der Waals surface area contributed by atoms with Gasteiger partial charge in [-0.3, -0.25) is 0 Å². The molecule has 13 heavy (non-hydrogen) atoms. The molecule has 0 aromatic heterocycles. The van der Waals surface area contributed by atoms with Gasteiger partial charge in [-0.25, -0.2) is 0 Å². The van der Waals surface area contributed by atoms with Crippen molar-refractivity contribution in [1.82, 2.24) is 5.32 Å². The Balaban J connectivity index is 2.87. The maximum atomic E-state index is 6.10. The summed E-state index contributed by atoms with van der Waals surface area (Å²) >= 11 is 7.85. The predicted octanol–water partition coefficient (Wildman–Crippen LogP) is 2.82. The molecule has 1 aromatic rings. The quantitative estimate of drug-likeness (QED) is 0.776.